The van der Waals surface area contributed by atoms with Crippen molar-refractivity contribution in [1.29, 1.82) is 0 Å². The molecule has 2 N–H and O–H groups in total. The minimum atomic E-state index is 0.269. The maximum Gasteiger partial charge on any atom is 0.0584 e. The van der Waals surface area contributed by atoms with Gasteiger partial charge in [0.1, 0.15) is 0 Å². The van der Waals surface area contributed by atoms with Gasteiger partial charge in [0.05, 0.1) is 6.61 Å². The van der Waals surface area contributed by atoms with Crippen LogP contribution in [0.3, 0.4) is 0 Å². The Morgan fingerprint density at radius 1 is 1.35 bits per heavy atom. The second-order valence-corrected chi connectivity index (χ2v) is 7.17. The van der Waals surface area contributed by atoms with Crippen molar-refractivity contribution in [1.82, 2.24) is 5.32 Å². The number of nitrogens with one attached hydrogen (secondary N) is 1. The summed E-state index contributed by atoms with van der Waals surface area (Å²) in [5.41, 5.74) is 0.504. The number of aliphatic hydroxyl groups is 1. The zero-order valence-electron chi connectivity index (χ0n) is 12.3. The van der Waals surface area contributed by atoms with Gasteiger partial charge in [-0.1, -0.05) is 34.6 Å². The molecule has 0 saturated heterocycles. The van der Waals surface area contributed by atoms with E-state index in [-0.39, 0.29) is 12.6 Å². The van der Waals surface area contributed by atoms with Crippen LogP contribution in [0.5, 0.6) is 0 Å². The zero-order valence-corrected chi connectivity index (χ0v) is 12.3. The highest BCUT2D eigenvalue weighted by Gasteiger charge is 2.33. The molecule has 0 aromatic rings. The fraction of sp³-hybridized carbons (Fsp3) is 1.00. The Hall–Kier alpha value is -0.0800. The van der Waals surface area contributed by atoms with Gasteiger partial charge in [-0.15, -0.1) is 0 Å². The number of rotatable bonds is 5. The maximum atomic E-state index is 9.43. The molecular formula is C15H31NO. The third-order valence-corrected chi connectivity index (χ3v) is 4.12. The topological polar surface area (TPSA) is 32.3 Å². The SMILES string of the molecule is CC(C)CC(CO)NC1CCC(C)(C)CC1C. The van der Waals surface area contributed by atoms with Gasteiger partial charge < -0.3 is 10.4 Å². The van der Waals surface area contributed by atoms with E-state index in [1.807, 2.05) is 0 Å². The molecule has 0 spiro atoms. The summed E-state index contributed by atoms with van der Waals surface area (Å²) in [6, 6.07) is 0.877. The summed E-state index contributed by atoms with van der Waals surface area (Å²) in [4.78, 5) is 0. The molecule has 2 nitrogen and oxygen atoms in total. The molecule has 0 bridgehead atoms. The van der Waals surface area contributed by atoms with Crippen molar-refractivity contribution in [2.45, 2.75) is 72.4 Å². The number of hydrogen-bond acceptors (Lipinski definition) is 2. The van der Waals surface area contributed by atoms with Gasteiger partial charge in [-0.2, -0.15) is 0 Å². The first-order valence-electron chi connectivity index (χ1n) is 7.21. The van der Waals surface area contributed by atoms with Gasteiger partial charge in [0.2, 0.25) is 0 Å². The molecule has 1 aliphatic carbocycles. The van der Waals surface area contributed by atoms with Crippen LogP contribution in [-0.4, -0.2) is 23.8 Å². The molecule has 102 valence electrons. The van der Waals surface area contributed by atoms with Gasteiger partial charge in [-0.25, -0.2) is 0 Å². The molecule has 3 unspecified atom stereocenters. The van der Waals surface area contributed by atoms with Gasteiger partial charge >= 0.3 is 0 Å². The monoisotopic (exact) mass is 241 g/mol. The number of hydrogen-bond donors (Lipinski definition) is 2. The molecule has 1 rings (SSSR count). The average Bonchev–Trinajstić information content (AvgIpc) is 2.19. The molecule has 0 aromatic heterocycles. The molecule has 1 saturated carbocycles. The molecule has 0 aromatic carbocycles. The standard InChI is InChI=1S/C15H31NO/c1-11(2)8-13(10-17)16-14-6-7-15(4,5)9-12(14)3/h11-14,16-17H,6-10H2,1-5H3. The summed E-state index contributed by atoms with van der Waals surface area (Å²) >= 11 is 0. The number of aliphatic hydroxyl groups excluding tert-OH is 1. The van der Waals surface area contributed by atoms with Crippen molar-refractivity contribution in [2.75, 3.05) is 6.61 Å². The Labute approximate surface area is 107 Å². The maximum absolute atomic E-state index is 9.43. The van der Waals surface area contributed by atoms with Crippen LogP contribution in [0.4, 0.5) is 0 Å². The lowest BCUT2D eigenvalue weighted by Crippen LogP contribution is -2.48. The van der Waals surface area contributed by atoms with Crippen molar-refractivity contribution in [3.05, 3.63) is 0 Å². The van der Waals surface area contributed by atoms with Gasteiger partial charge in [-0.05, 0) is 42.9 Å². The Morgan fingerprint density at radius 3 is 2.47 bits per heavy atom. The van der Waals surface area contributed by atoms with Crippen molar-refractivity contribution < 1.29 is 5.11 Å². The van der Waals surface area contributed by atoms with Gasteiger partial charge in [0, 0.05) is 12.1 Å². The molecule has 17 heavy (non-hydrogen) atoms. The Bertz CT molecular complexity index is 225. The Balaban J connectivity index is 2.45. The van der Waals surface area contributed by atoms with Crippen LogP contribution in [-0.2, 0) is 0 Å². The van der Waals surface area contributed by atoms with E-state index in [1.165, 1.54) is 19.3 Å². The normalized spacial score (nSPS) is 30.5. The van der Waals surface area contributed by atoms with E-state index in [0.29, 0.717) is 17.4 Å². The lowest BCUT2D eigenvalue weighted by molar-refractivity contribution is 0.124. The van der Waals surface area contributed by atoms with Crippen LogP contribution in [0.1, 0.15) is 60.3 Å². The lowest BCUT2D eigenvalue weighted by atomic mass is 9.70. The van der Waals surface area contributed by atoms with Gasteiger partial charge in [0.25, 0.3) is 0 Å². The van der Waals surface area contributed by atoms with Crippen molar-refractivity contribution in [3.63, 3.8) is 0 Å². The van der Waals surface area contributed by atoms with E-state index < -0.39 is 0 Å². The highest BCUT2D eigenvalue weighted by Crippen LogP contribution is 2.38. The van der Waals surface area contributed by atoms with E-state index in [1.54, 1.807) is 0 Å². The molecule has 2 heteroatoms. The molecule has 1 fully saturated rings. The molecule has 0 aliphatic heterocycles. The minimum absolute atomic E-state index is 0.269. The van der Waals surface area contributed by atoms with E-state index in [4.69, 9.17) is 0 Å². The van der Waals surface area contributed by atoms with Crippen LogP contribution < -0.4 is 5.32 Å². The predicted octanol–water partition coefficient (Wildman–Crippen LogP) is 3.20. The molecule has 3 atom stereocenters. The van der Waals surface area contributed by atoms with Crippen molar-refractivity contribution in [3.8, 4) is 0 Å². The molecule has 0 heterocycles. The van der Waals surface area contributed by atoms with Crippen LogP contribution in [0.25, 0.3) is 0 Å². The minimum Gasteiger partial charge on any atom is -0.395 e. The van der Waals surface area contributed by atoms with E-state index in [9.17, 15) is 5.11 Å². The molecule has 1 aliphatic rings. The highest BCUT2D eigenvalue weighted by atomic mass is 16.3. The molecule has 0 amide bonds. The van der Waals surface area contributed by atoms with Crippen molar-refractivity contribution in [2.24, 2.45) is 17.3 Å². The fourth-order valence-electron chi connectivity index (χ4n) is 3.26. The third kappa shape index (κ3) is 4.97. The summed E-state index contributed by atoms with van der Waals surface area (Å²) in [5, 5.41) is 13.1. The highest BCUT2D eigenvalue weighted by molar-refractivity contribution is 4.88. The predicted molar refractivity (Wildman–Crippen MR) is 74.0 cm³/mol. The van der Waals surface area contributed by atoms with Gasteiger partial charge in [0.15, 0.2) is 0 Å². The summed E-state index contributed by atoms with van der Waals surface area (Å²) < 4.78 is 0. The summed E-state index contributed by atoms with van der Waals surface area (Å²) in [5.74, 6) is 1.37. The third-order valence-electron chi connectivity index (χ3n) is 4.12. The quantitative estimate of drug-likeness (QED) is 0.775. The van der Waals surface area contributed by atoms with Crippen LogP contribution in [0.2, 0.25) is 0 Å². The van der Waals surface area contributed by atoms with Gasteiger partial charge in [-0.3, -0.25) is 0 Å². The van der Waals surface area contributed by atoms with Crippen LogP contribution in [0.15, 0.2) is 0 Å². The first-order chi connectivity index (χ1) is 7.84. The van der Waals surface area contributed by atoms with Crippen LogP contribution >= 0.6 is 0 Å². The van der Waals surface area contributed by atoms with E-state index in [2.05, 4.69) is 39.9 Å². The van der Waals surface area contributed by atoms with Crippen LogP contribution in [0, 0.1) is 17.3 Å². The first kappa shape index (κ1) is 15.0. The largest absolute Gasteiger partial charge is 0.395 e. The summed E-state index contributed by atoms with van der Waals surface area (Å²) in [7, 11) is 0. The Kier molecular flexibility index (Phi) is 5.46. The second kappa shape index (κ2) is 6.19. The Morgan fingerprint density at radius 2 is 2.00 bits per heavy atom. The summed E-state index contributed by atoms with van der Waals surface area (Å²) in [6.45, 7) is 11.8. The fourth-order valence-corrected chi connectivity index (χ4v) is 3.26. The first-order valence-corrected chi connectivity index (χ1v) is 7.21. The second-order valence-electron chi connectivity index (χ2n) is 7.17. The zero-order chi connectivity index (χ0) is 13.1. The van der Waals surface area contributed by atoms with Crippen molar-refractivity contribution >= 4 is 0 Å². The van der Waals surface area contributed by atoms with E-state index in [0.717, 1.165) is 12.3 Å². The molecular weight excluding hydrogens is 210 g/mol. The lowest BCUT2D eigenvalue weighted by Gasteiger charge is -2.41. The average molecular weight is 241 g/mol. The molecule has 0 radical (unpaired) electrons. The smallest absolute Gasteiger partial charge is 0.0584 e. The van der Waals surface area contributed by atoms with E-state index >= 15 is 0 Å². The summed E-state index contributed by atoms with van der Waals surface area (Å²) in [6.07, 6.45) is 4.92.